The van der Waals surface area contributed by atoms with Gasteiger partial charge in [-0.3, -0.25) is 0 Å². The van der Waals surface area contributed by atoms with Gasteiger partial charge in [-0.15, -0.1) is 6.58 Å². The molecule has 0 radical (unpaired) electrons. The predicted octanol–water partition coefficient (Wildman–Crippen LogP) is 1.28. The quantitative estimate of drug-likeness (QED) is 0.684. The molecule has 0 aliphatic heterocycles. The number of ether oxygens (including phenoxy) is 1. The van der Waals surface area contributed by atoms with E-state index < -0.39 is 0 Å². The van der Waals surface area contributed by atoms with Crippen LogP contribution in [0.3, 0.4) is 0 Å². The van der Waals surface area contributed by atoms with Gasteiger partial charge < -0.3 is 10.5 Å². The first kappa shape index (κ1) is 8.74. The molecule has 0 saturated carbocycles. The van der Waals surface area contributed by atoms with Crippen molar-refractivity contribution < 1.29 is 4.74 Å². The molecule has 1 atom stereocenters. The second-order valence-electron chi connectivity index (χ2n) is 2.37. The molecule has 1 heterocycles. The first-order valence-electron chi connectivity index (χ1n) is 3.67. The summed E-state index contributed by atoms with van der Waals surface area (Å²) < 4.78 is 4.95. The van der Waals surface area contributed by atoms with Gasteiger partial charge in [0.15, 0.2) is 0 Å². The van der Waals surface area contributed by atoms with Gasteiger partial charge in [-0.2, -0.15) is 0 Å². The monoisotopic (exact) mass is 164 g/mol. The third-order valence-corrected chi connectivity index (χ3v) is 1.55. The van der Waals surface area contributed by atoms with Crippen LogP contribution in [-0.2, 0) is 0 Å². The van der Waals surface area contributed by atoms with E-state index >= 15 is 0 Å². The van der Waals surface area contributed by atoms with Crippen molar-refractivity contribution in [2.45, 2.75) is 6.04 Å². The molecule has 0 amide bonds. The number of methoxy groups -OCH3 is 1. The molecule has 0 saturated heterocycles. The van der Waals surface area contributed by atoms with Crippen molar-refractivity contribution in [3.05, 3.63) is 36.5 Å². The number of pyridine rings is 1. The molecular weight excluding hydrogens is 152 g/mol. The maximum absolute atomic E-state index is 5.68. The summed E-state index contributed by atoms with van der Waals surface area (Å²) in [5.41, 5.74) is 6.45. The topological polar surface area (TPSA) is 48.1 Å². The molecule has 0 aliphatic carbocycles. The number of aromatic nitrogens is 1. The van der Waals surface area contributed by atoms with E-state index in [1.165, 1.54) is 0 Å². The molecule has 1 aromatic rings. The predicted molar refractivity (Wildman–Crippen MR) is 47.9 cm³/mol. The van der Waals surface area contributed by atoms with Crippen LogP contribution in [-0.4, -0.2) is 12.1 Å². The first-order chi connectivity index (χ1) is 5.77. The summed E-state index contributed by atoms with van der Waals surface area (Å²) in [7, 11) is 1.57. The van der Waals surface area contributed by atoms with Crippen LogP contribution in [0.2, 0.25) is 0 Å². The zero-order chi connectivity index (χ0) is 8.97. The van der Waals surface area contributed by atoms with Crippen LogP contribution in [0.4, 0.5) is 0 Å². The molecule has 1 rings (SSSR count). The maximum Gasteiger partial charge on any atom is 0.213 e. The van der Waals surface area contributed by atoms with Crippen LogP contribution in [0.25, 0.3) is 0 Å². The molecule has 64 valence electrons. The Morgan fingerprint density at radius 2 is 2.42 bits per heavy atom. The summed E-state index contributed by atoms with van der Waals surface area (Å²) in [4.78, 5) is 4.14. The average molecular weight is 164 g/mol. The van der Waals surface area contributed by atoms with Gasteiger partial charge in [0.05, 0.1) is 18.8 Å². The van der Waals surface area contributed by atoms with E-state index in [1.54, 1.807) is 19.3 Å². The Morgan fingerprint density at radius 1 is 1.67 bits per heavy atom. The summed E-state index contributed by atoms with van der Waals surface area (Å²) in [6, 6.07) is 5.25. The van der Waals surface area contributed by atoms with Crippen LogP contribution in [0.15, 0.2) is 30.9 Å². The molecule has 1 aromatic heterocycles. The molecule has 3 heteroatoms. The van der Waals surface area contributed by atoms with Gasteiger partial charge in [-0.25, -0.2) is 4.98 Å². The van der Waals surface area contributed by atoms with E-state index in [2.05, 4.69) is 11.6 Å². The molecule has 0 aromatic carbocycles. The minimum Gasteiger partial charge on any atom is -0.481 e. The fourth-order valence-corrected chi connectivity index (χ4v) is 0.851. The molecule has 2 N–H and O–H groups in total. The van der Waals surface area contributed by atoms with E-state index in [1.807, 2.05) is 12.1 Å². The zero-order valence-corrected chi connectivity index (χ0v) is 7.03. The zero-order valence-electron chi connectivity index (χ0n) is 7.03. The Balaban J connectivity index is 2.93. The highest BCUT2D eigenvalue weighted by Crippen LogP contribution is 2.12. The Morgan fingerprint density at radius 3 is 3.00 bits per heavy atom. The Kier molecular flexibility index (Phi) is 2.82. The van der Waals surface area contributed by atoms with Crippen LogP contribution in [0.1, 0.15) is 11.7 Å². The Hall–Kier alpha value is -1.35. The summed E-state index contributed by atoms with van der Waals surface area (Å²) in [5.74, 6) is 0.574. The van der Waals surface area contributed by atoms with Gasteiger partial charge in [0, 0.05) is 6.07 Å². The van der Waals surface area contributed by atoms with Crippen LogP contribution < -0.4 is 10.5 Å². The molecule has 0 unspecified atom stereocenters. The summed E-state index contributed by atoms with van der Waals surface area (Å²) >= 11 is 0. The van der Waals surface area contributed by atoms with Crippen LogP contribution in [0.5, 0.6) is 5.88 Å². The SMILES string of the molecule is C=C[C@@H](N)c1cccc(OC)n1. The van der Waals surface area contributed by atoms with Crippen molar-refractivity contribution in [1.82, 2.24) is 4.98 Å². The highest BCUT2D eigenvalue weighted by Gasteiger charge is 2.02. The van der Waals surface area contributed by atoms with Crippen molar-refractivity contribution in [3.63, 3.8) is 0 Å². The van der Waals surface area contributed by atoms with Crippen LogP contribution >= 0.6 is 0 Å². The van der Waals surface area contributed by atoms with Gasteiger partial charge in [-0.1, -0.05) is 12.1 Å². The lowest BCUT2D eigenvalue weighted by atomic mass is 10.2. The minimum atomic E-state index is -0.222. The van der Waals surface area contributed by atoms with Crippen molar-refractivity contribution in [2.24, 2.45) is 5.73 Å². The molecule has 0 aliphatic rings. The summed E-state index contributed by atoms with van der Waals surface area (Å²) in [5, 5.41) is 0. The normalized spacial score (nSPS) is 12.2. The largest absolute Gasteiger partial charge is 0.481 e. The fourth-order valence-electron chi connectivity index (χ4n) is 0.851. The second kappa shape index (κ2) is 3.88. The molecule has 3 nitrogen and oxygen atoms in total. The van der Waals surface area contributed by atoms with Crippen molar-refractivity contribution >= 4 is 0 Å². The highest BCUT2D eigenvalue weighted by molar-refractivity contribution is 5.20. The lowest BCUT2D eigenvalue weighted by Crippen LogP contribution is -2.08. The minimum absolute atomic E-state index is 0.222. The third kappa shape index (κ3) is 1.83. The molecule has 0 fully saturated rings. The van der Waals surface area contributed by atoms with Crippen molar-refractivity contribution in [3.8, 4) is 5.88 Å². The number of nitrogens with zero attached hydrogens (tertiary/aromatic N) is 1. The molecule has 0 spiro atoms. The van der Waals surface area contributed by atoms with E-state index in [9.17, 15) is 0 Å². The maximum atomic E-state index is 5.68. The fraction of sp³-hybridized carbons (Fsp3) is 0.222. The third-order valence-electron chi connectivity index (χ3n) is 1.55. The van der Waals surface area contributed by atoms with Gasteiger partial charge in [0.2, 0.25) is 5.88 Å². The smallest absolute Gasteiger partial charge is 0.213 e. The highest BCUT2D eigenvalue weighted by atomic mass is 16.5. The average Bonchev–Trinajstić information content (AvgIpc) is 2.17. The van der Waals surface area contributed by atoms with E-state index in [0.29, 0.717) is 5.88 Å². The van der Waals surface area contributed by atoms with Crippen molar-refractivity contribution in [1.29, 1.82) is 0 Å². The molecule has 12 heavy (non-hydrogen) atoms. The summed E-state index contributed by atoms with van der Waals surface area (Å²) in [6.45, 7) is 3.59. The van der Waals surface area contributed by atoms with E-state index in [0.717, 1.165) is 5.69 Å². The van der Waals surface area contributed by atoms with Gasteiger partial charge in [0.1, 0.15) is 0 Å². The molecular formula is C9H12N2O. The number of nitrogens with two attached hydrogens (primary N) is 1. The number of hydrogen-bond donors (Lipinski definition) is 1. The Bertz CT molecular complexity index is 273. The lowest BCUT2D eigenvalue weighted by molar-refractivity contribution is 0.396. The van der Waals surface area contributed by atoms with Crippen molar-refractivity contribution in [2.75, 3.05) is 7.11 Å². The van der Waals surface area contributed by atoms with Gasteiger partial charge >= 0.3 is 0 Å². The van der Waals surface area contributed by atoms with Gasteiger partial charge in [-0.05, 0) is 6.07 Å². The second-order valence-corrected chi connectivity index (χ2v) is 2.37. The van der Waals surface area contributed by atoms with Crippen LogP contribution in [0, 0.1) is 0 Å². The summed E-state index contributed by atoms with van der Waals surface area (Å²) in [6.07, 6.45) is 1.64. The van der Waals surface area contributed by atoms with E-state index in [-0.39, 0.29) is 6.04 Å². The van der Waals surface area contributed by atoms with Gasteiger partial charge in [0.25, 0.3) is 0 Å². The first-order valence-corrected chi connectivity index (χ1v) is 3.67. The van der Waals surface area contributed by atoms with E-state index in [4.69, 9.17) is 10.5 Å². The Labute approximate surface area is 71.9 Å². The standard InChI is InChI=1S/C9H12N2O/c1-3-7(10)8-5-4-6-9(11-8)12-2/h3-7H,1,10H2,2H3/t7-/m1/s1. The number of rotatable bonds is 3. The molecule has 0 bridgehead atoms. The number of hydrogen-bond acceptors (Lipinski definition) is 3. The lowest BCUT2D eigenvalue weighted by Gasteiger charge is -2.06.